The fourth-order valence-corrected chi connectivity index (χ4v) is 3.96. The van der Waals surface area contributed by atoms with Gasteiger partial charge in [-0.15, -0.1) is 0 Å². The summed E-state index contributed by atoms with van der Waals surface area (Å²) >= 11 is 0. The van der Waals surface area contributed by atoms with Crippen LogP contribution in [0.15, 0.2) is 0 Å². The van der Waals surface area contributed by atoms with Crippen LogP contribution in [0.3, 0.4) is 0 Å². The standard InChI is InChI=1S/C18H38N2O/c1-6-8-15-9-10-17(19-11-7-2)16(12-15)13-20(5)14-18(3,4)21/h15-17,19,21H,6-14H2,1-5H3. The molecule has 0 aromatic rings. The summed E-state index contributed by atoms with van der Waals surface area (Å²) in [7, 11) is 2.15. The molecule has 0 heterocycles. The monoisotopic (exact) mass is 298 g/mol. The van der Waals surface area contributed by atoms with E-state index in [1.165, 1.54) is 38.5 Å². The average molecular weight is 299 g/mol. The highest BCUT2D eigenvalue weighted by atomic mass is 16.3. The van der Waals surface area contributed by atoms with Crippen LogP contribution in [0.2, 0.25) is 0 Å². The van der Waals surface area contributed by atoms with E-state index in [1.54, 1.807) is 0 Å². The van der Waals surface area contributed by atoms with Crippen LogP contribution in [-0.2, 0) is 0 Å². The van der Waals surface area contributed by atoms with Crippen LogP contribution in [0, 0.1) is 11.8 Å². The molecule has 0 aliphatic heterocycles. The Morgan fingerprint density at radius 3 is 2.48 bits per heavy atom. The van der Waals surface area contributed by atoms with Crippen molar-refractivity contribution in [3.8, 4) is 0 Å². The second-order valence-corrected chi connectivity index (χ2v) is 7.80. The van der Waals surface area contributed by atoms with E-state index in [1.807, 2.05) is 13.8 Å². The molecule has 0 bridgehead atoms. The van der Waals surface area contributed by atoms with Gasteiger partial charge in [0.2, 0.25) is 0 Å². The second-order valence-electron chi connectivity index (χ2n) is 7.80. The minimum Gasteiger partial charge on any atom is -0.389 e. The fourth-order valence-electron chi connectivity index (χ4n) is 3.96. The van der Waals surface area contributed by atoms with Crippen molar-refractivity contribution < 1.29 is 5.11 Å². The summed E-state index contributed by atoms with van der Waals surface area (Å²) in [5, 5.41) is 13.8. The van der Waals surface area contributed by atoms with Gasteiger partial charge in [-0.05, 0) is 65.0 Å². The van der Waals surface area contributed by atoms with Crippen molar-refractivity contribution in [3.63, 3.8) is 0 Å². The smallest absolute Gasteiger partial charge is 0.0718 e. The first-order valence-corrected chi connectivity index (χ1v) is 9.00. The van der Waals surface area contributed by atoms with Crippen molar-refractivity contribution in [1.29, 1.82) is 0 Å². The Balaban J connectivity index is 2.56. The maximum atomic E-state index is 10.0. The first-order valence-electron chi connectivity index (χ1n) is 9.00. The van der Waals surface area contributed by atoms with Crippen molar-refractivity contribution in [2.75, 3.05) is 26.7 Å². The number of aliphatic hydroxyl groups is 1. The van der Waals surface area contributed by atoms with Crippen LogP contribution in [0.4, 0.5) is 0 Å². The number of nitrogens with zero attached hydrogens (tertiary/aromatic N) is 1. The zero-order valence-corrected chi connectivity index (χ0v) is 15.0. The first-order chi connectivity index (χ1) is 9.85. The Kier molecular flexibility index (Phi) is 8.22. The molecular weight excluding hydrogens is 260 g/mol. The van der Waals surface area contributed by atoms with E-state index in [9.17, 15) is 5.11 Å². The Labute approximate surface area is 132 Å². The van der Waals surface area contributed by atoms with Crippen molar-refractivity contribution in [2.24, 2.45) is 11.8 Å². The summed E-state index contributed by atoms with van der Waals surface area (Å²) < 4.78 is 0. The van der Waals surface area contributed by atoms with Crippen molar-refractivity contribution in [2.45, 2.75) is 77.9 Å². The normalized spacial score (nSPS) is 27.3. The molecule has 1 fully saturated rings. The van der Waals surface area contributed by atoms with E-state index in [0.717, 1.165) is 31.5 Å². The van der Waals surface area contributed by atoms with Crippen LogP contribution in [-0.4, -0.2) is 48.3 Å². The lowest BCUT2D eigenvalue weighted by molar-refractivity contribution is 0.0333. The largest absolute Gasteiger partial charge is 0.389 e. The maximum Gasteiger partial charge on any atom is 0.0718 e. The van der Waals surface area contributed by atoms with Gasteiger partial charge in [-0.25, -0.2) is 0 Å². The molecule has 1 saturated carbocycles. The van der Waals surface area contributed by atoms with Crippen LogP contribution >= 0.6 is 0 Å². The maximum absolute atomic E-state index is 10.0. The Bertz CT molecular complexity index is 275. The molecule has 1 aliphatic carbocycles. The molecule has 3 unspecified atom stereocenters. The van der Waals surface area contributed by atoms with Gasteiger partial charge < -0.3 is 15.3 Å². The number of likely N-dealkylation sites (N-methyl/N-ethyl adjacent to an activating group) is 1. The van der Waals surface area contributed by atoms with Gasteiger partial charge in [-0.2, -0.15) is 0 Å². The highest BCUT2D eigenvalue weighted by Crippen LogP contribution is 2.32. The average Bonchev–Trinajstić information content (AvgIpc) is 2.36. The predicted octanol–water partition coefficient (Wildman–Crippen LogP) is 3.27. The zero-order valence-electron chi connectivity index (χ0n) is 15.0. The molecule has 21 heavy (non-hydrogen) atoms. The Hall–Kier alpha value is -0.120. The van der Waals surface area contributed by atoms with Crippen molar-refractivity contribution in [3.05, 3.63) is 0 Å². The molecule has 126 valence electrons. The third kappa shape index (κ3) is 7.62. The van der Waals surface area contributed by atoms with Crippen molar-refractivity contribution in [1.82, 2.24) is 10.2 Å². The van der Waals surface area contributed by atoms with Gasteiger partial charge >= 0.3 is 0 Å². The topological polar surface area (TPSA) is 35.5 Å². The van der Waals surface area contributed by atoms with E-state index in [-0.39, 0.29) is 0 Å². The quantitative estimate of drug-likeness (QED) is 0.686. The summed E-state index contributed by atoms with van der Waals surface area (Å²) in [5.74, 6) is 1.64. The third-order valence-electron chi connectivity index (χ3n) is 4.65. The van der Waals surface area contributed by atoms with Crippen LogP contribution in [0.5, 0.6) is 0 Å². The number of rotatable bonds is 9. The van der Waals surface area contributed by atoms with Gasteiger partial charge in [0.15, 0.2) is 0 Å². The van der Waals surface area contributed by atoms with Gasteiger partial charge in [-0.1, -0.05) is 26.7 Å². The molecule has 0 spiro atoms. The molecule has 0 saturated heterocycles. The lowest BCUT2D eigenvalue weighted by Gasteiger charge is -2.39. The molecule has 0 aromatic heterocycles. The molecular formula is C18H38N2O. The van der Waals surface area contributed by atoms with Crippen LogP contribution in [0.1, 0.15) is 66.2 Å². The molecule has 0 aromatic carbocycles. The van der Waals surface area contributed by atoms with E-state index >= 15 is 0 Å². The Morgan fingerprint density at radius 2 is 1.90 bits per heavy atom. The SMILES string of the molecule is CCCNC1CCC(CCC)CC1CN(C)CC(C)(C)O. The Morgan fingerprint density at radius 1 is 1.19 bits per heavy atom. The molecule has 1 aliphatic rings. The summed E-state index contributed by atoms with van der Waals surface area (Å²) in [6, 6.07) is 0.669. The molecule has 1 rings (SSSR count). The highest BCUT2D eigenvalue weighted by molar-refractivity contribution is 4.87. The van der Waals surface area contributed by atoms with Gasteiger partial charge in [0, 0.05) is 19.1 Å². The molecule has 0 radical (unpaired) electrons. The third-order valence-corrected chi connectivity index (χ3v) is 4.65. The minimum atomic E-state index is -0.599. The second kappa shape index (κ2) is 9.12. The van der Waals surface area contributed by atoms with Gasteiger partial charge in [0.05, 0.1) is 5.60 Å². The number of nitrogens with one attached hydrogen (secondary N) is 1. The van der Waals surface area contributed by atoms with Crippen LogP contribution < -0.4 is 5.32 Å². The molecule has 3 heteroatoms. The molecule has 3 atom stereocenters. The molecule has 3 nitrogen and oxygen atoms in total. The summed E-state index contributed by atoms with van der Waals surface area (Å²) in [6.45, 7) is 11.3. The van der Waals surface area contributed by atoms with Gasteiger partial charge in [-0.3, -0.25) is 0 Å². The lowest BCUT2D eigenvalue weighted by atomic mass is 9.76. The predicted molar refractivity (Wildman–Crippen MR) is 91.6 cm³/mol. The van der Waals surface area contributed by atoms with Crippen LogP contribution in [0.25, 0.3) is 0 Å². The summed E-state index contributed by atoms with van der Waals surface area (Å²) in [4.78, 5) is 2.32. The van der Waals surface area contributed by atoms with Gasteiger partial charge in [0.1, 0.15) is 0 Å². The zero-order chi connectivity index (χ0) is 15.9. The van der Waals surface area contributed by atoms with E-state index in [0.29, 0.717) is 6.04 Å². The lowest BCUT2D eigenvalue weighted by Crippen LogP contribution is -2.47. The fraction of sp³-hybridized carbons (Fsp3) is 1.00. The molecule has 2 N–H and O–H groups in total. The first kappa shape index (κ1) is 18.9. The highest BCUT2D eigenvalue weighted by Gasteiger charge is 2.31. The van der Waals surface area contributed by atoms with E-state index in [4.69, 9.17) is 0 Å². The number of hydrogen-bond donors (Lipinski definition) is 2. The van der Waals surface area contributed by atoms with Crippen molar-refractivity contribution >= 4 is 0 Å². The molecule has 0 amide bonds. The summed E-state index contributed by atoms with van der Waals surface area (Å²) in [6.07, 6.45) is 7.97. The number of hydrogen-bond acceptors (Lipinski definition) is 3. The summed E-state index contributed by atoms with van der Waals surface area (Å²) in [5.41, 5.74) is -0.599. The van der Waals surface area contributed by atoms with Gasteiger partial charge in [0.25, 0.3) is 0 Å². The van der Waals surface area contributed by atoms with E-state index in [2.05, 4.69) is 31.1 Å². The minimum absolute atomic E-state index is 0.599. The van der Waals surface area contributed by atoms with E-state index < -0.39 is 5.60 Å².